The molecule has 8 heteroatoms. The molecule has 23 heavy (non-hydrogen) atoms. The van der Waals surface area contributed by atoms with Crippen molar-refractivity contribution in [3.05, 3.63) is 68.2 Å². The summed E-state index contributed by atoms with van der Waals surface area (Å²) >= 11 is 13.0. The van der Waals surface area contributed by atoms with Crippen LogP contribution in [-0.4, -0.2) is 23.3 Å². The summed E-state index contributed by atoms with van der Waals surface area (Å²) in [6, 6.07) is 11.1. The molecule has 5 nitrogen and oxygen atoms in total. The standard InChI is InChI=1S/C15H11Cl2NO4S/c16-10-1-4-12(5-2-10)23-8-7-22-15(19)13-6-3-11(17)9-14(13)18(20)21/h1-6,9H,7-8H2. The Labute approximate surface area is 146 Å². The molecule has 0 spiro atoms. The molecular formula is C15H11Cl2NO4S. The topological polar surface area (TPSA) is 69.4 Å². The van der Waals surface area contributed by atoms with Crippen LogP contribution in [0.3, 0.4) is 0 Å². The first-order valence-electron chi connectivity index (χ1n) is 6.47. The van der Waals surface area contributed by atoms with Gasteiger partial charge in [-0.3, -0.25) is 10.1 Å². The molecule has 0 bridgehead atoms. The van der Waals surface area contributed by atoms with Crippen LogP contribution in [0.5, 0.6) is 0 Å². The number of nitro benzene ring substituents is 1. The van der Waals surface area contributed by atoms with Gasteiger partial charge in [0.1, 0.15) is 12.2 Å². The van der Waals surface area contributed by atoms with Crippen LogP contribution >= 0.6 is 35.0 Å². The molecule has 0 radical (unpaired) electrons. The molecular weight excluding hydrogens is 361 g/mol. The molecule has 0 amide bonds. The fraction of sp³-hybridized carbons (Fsp3) is 0.133. The number of rotatable bonds is 6. The zero-order valence-corrected chi connectivity index (χ0v) is 14.0. The third-order valence-electron chi connectivity index (χ3n) is 2.78. The van der Waals surface area contributed by atoms with E-state index < -0.39 is 10.9 Å². The Hall–Kier alpha value is -1.76. The number of nitro groups is 1. The van der Waals surface area contributed by atoms with E-state index in [2.05, 4.69) is 0 Å². The second-order valence-corrected chi connectivity index (χ2v) is 6.40. The molecule has 0 unspecified atom stereocenters. The summed E-state index contributed by atoms with van der Waals surface area (Å²) in [6.45, 7) is 0.131. The summed E-state index contributed by atoms with van der Waals surface area (Å²) in [4.78, 5) is 23.2. The molecule has 120 valence electrons. The van der Waals surface area contributed by atoms with Gasteiger partial charge in [0.25, 0.3) is 5.69 Å². The molecule has 0 aromatic heterocycles. The SMILES string of the molecule is O=C(OCCSc1ccc(Cl)cc1)c1ccc(Cl)cc1[N+](=O)[O-]. The number of benzene rings is 2. The van der Waals surface area contributed by atoms with E-state index in [9.17, 15) is 14.9 Å². The Balaban J connectivity index is 1.90. The molecule has 0 heterocycles. The summed E-state index contributed by atoms with van der Waals surface area (Å²) < 4.78 is 5.07. The first-order chi connectivity index (χ1) is 11.0. The number of carbonyl (C=O) groups is 1. The van der Waals surface area contributed by atoms with E-state index in [0.717, 1.165) is 11.0 Å². The fourth-order valence-corrected chi connectivity index (χ4v) is 2.75. The molecule has 0 aliphatic heterocycles. The molecule has 2 aromatic carbocycles. The Morgan fingerprint density at radius 3 is 2.43 bits per heavy atom. The zero-order chi connectivity index (χ0) is 16.8. The predicted molar refractivity (Wildman–Crippen MR) is 90.6 cm³/mol. The number of halogens is 2. The van der Waals surface area contributed by atoms with E-state index >= 15 is 0 Å². The average molecular weight is 372 g/mol. The molecule has 2 aromatic rings. The molecule has 0 saturated carbocycles. The molecule has 0 aliphatic rings. The number of nitrogens with zero attached hydrogens (tertiary/aromatic N) is 1. The lowest BCUT2D eigenvalue weighted by Crippen LogP contribution is -2.10. The second kappa shape index (κ2) is 8.19. The van der Waals surface area contributed by atoms with Crippen LogP contribution in [0.15, 0.2) is 47.4 Å². The summed E-state index contributed by atoms with van der Waals surface area (Å²) in [5, 5.41) is 11.8. The maximum absolute atomic E-state index is 11.9. The zero-order valence-electron chi connectivity index (χ0n) is 11.7. The predicted octanol–water partition coefficient (Wildman–Crippen LogP) is 4.85. The number of esters is 1. The van der Waals surface area contributed by atoms with Crippen LogP contribution in [0.4, 0.5) is 5.69 Å². The lowest BCUT2D eigenvalue weighted by atomic mass is 10.2. The summed E-state index contributed by atoms with van der Waals surface area (Å²) in [6.07, 6.45) is 0. The van der Waals surface area contributed by atoms with Crippen molar-refractivity contribution in [3.8, 4) is 0 Å². The monoisotopic (exact) mass is 371 g/mol. The fourth-order valence-electron chi connectivity index (χ4n) is 1.73. The van der Waals surface area contributed by atoms with E-state index in [1.54, 1.807) is 12.1 Å². The maximum Gasteiger partial charge on any atom is 0.345 e. The first-order valence-corrected chi connectivity index (χ1v) is 8.21. The van der Waals surface area contributed by atoms with Crippen molar-refractivity contribution in [2.24, 2.45) is 0 Å². The smallest absolute Gasteiger partial charge is 0.345 e. The van der Waals surface area contributed by atoms with Gasteiger partial charge < -0.3 is 4.74 Å². The van der Waals surface area contributed by atoms with E-state index in [-0.39, 0.29) is 22.9 Å². The maximum atomic E-state index is 11.9. The molecule has 0 atom stereocenters. The molecule has 2 rings (SSSR count). The van der Waals surface area contributed by atoms with Gasteiger partial charge in [0.15, 0.2) is 0 Å². The Morgan fingerprint density at radius 1 is 1.13 bits per heavy atom. The highest BCUT2D eigenvalue weighted by atomic mass is 35.5. The van der Waals surface area contributed by atoms with Crippen LogP contribution in [0.1, 0.15) is 10.4 Å². The number of ether oxygens (including phenoxy) is 1. The van der Waals surface area contributed by atoms with Crippen LogP contribution in [0.2, 0.25) is 10.0 Å². The largest absolute Gasteiger partial charge is 0.461 e. The summed E-state index contributed by atoms with van der Waals surface area (Å²) in [5.74, 6) is -0.223. The quantitative estimate of drug-likeness (QED) is 0.238. The van der Waals surface area contributed by atoms with Gasteiger partial charge >= 0.3 is 5.97 Å². The van der Waals surface area contributed by atoms with Crippen LogP contribution in [0.25, 0.3) is 0 Å². The van der Waals surface area contributed by atoms with Gasteiger partial charge in [-0.1, -0.05) is 23.2 Å². The van der Waals surface area contributed by atoms with E-state index in [1.165, 1.54) is 23.9 Å². The van der Waals surface area contributed by atoms with Gasteiger partial charge in [-0.25, -0.2) is 4.79 Å². The lowest BCUT2D eigenvalue weighted by molar-refractivity contribution is -0.385. The van der Waals surface area contributed by atoms with Crippen LogP contribution in [0, 0.1) is 10.1 Å². The van der Waals surface area contributed by atoms with Gasteiger partial charge in [0.05, 0.1) is 4.92 Å². The minimum absolute atomic E-state index is 0.115. The third kappa shape index (κ3) is 5.13. The average Bonchev–Trinajstić information content (AvgIpc) is 2.53. The van der Waals surface area contributed by atoms with Crippen LogP contribution < -0.4 is 0 Å². The lowest BCUT2D eigenvalue weighted by Gasteiger charge is -2.06. The highest BCUT2D eigenvalue weighted by Gasteiger charge is 2.21. The van der Waals surface area contributed by atoms with Crippen molar-refractivity contribution in [2.75, 3.05) is 12.4 Å². The van der Waals surface area contributed by atoms with Crippen molar-refractivity contribution in [1.82, 2.24) is 0 Å². The Morgan fingerprint density at radius 2 is 1.78 bits per heavy atom. The van der Waals surface area contributed by atoms with Crippen LogP contribution in [-0.2, 0) is 4.74 Å². The van der Waals surface area contributed by atoms with Crippen molar-refractivity contribution < 1.29 is 14.5 Å². The van der Waals surface area contributed by atoms with Gasteiger partial charge in [0.2, 0.25) is 0 Å². The number of hydrogen-bond donors (Lipinski definition) is 0. The van der Waals surface area contributed by atoms with Crippen molar-refractivity contribution in [3.63, 3.8) is 0 Å². The van der Waals surface area contributed by atoms with Gasteiger partial charge in [0, 0.05) is 26.8 Å². The molecule has 0 fully saturated rings. The van der Waals surface area contributed by atoms with E-state index in [0.29, 0.717) is 10.8 Å². The highest BCUT2D eigenvalue weighted by molar-refractivity contribution is 7.99. The Kier molecular flexibility index (Phi) is 6.27. The number of carbonyl (C=O) groups excluding carboxylic acids is 1. The second-order valence-electron chi connectivity index (χ2n) is 4.36. The molecule has 0 aliphatic carbocycles. The van der Waals surface area contributed by atoms with E-state index in [1.807, 2.05) is 12.1 Å². The van der Waals surface area contributed by atoms with Gasteiger partial charge in [-0.05, 0) is 36.4 Å². The van der Waals surface area contributed by atoms with E-state index in [4.69, 9.17) is 27.9 Å². The van der Waals surface area contributed by atoms with Gasteiger partial charge in [-0.2, -0.15) is 0 Å². The van der Waals surface area contributed by atoms with Gasteiger partial charge in [-0.15, -0.1) is 11.8 Å². The summed E-state index contributed by atoms with van der Waals surface area (Å²) in [7, 11) is 0. The minimum atomic E-state index is -0.745. The van der Waals surface area contributed by atoms with Crippen molar-refractivity contribution >= 4 is 46.6 Å². The third-order valence-corrected chi connectivity index (χ3v) is 4.24. The number of hydrogen-bond acceptors (Lipinski definition) is 5. The Bertz CT molecular complexity index is 722. The van der Waals surface area contributed by atoms with Crippen molar-refractivity contribution in [1.29, 1.82) is 0 Å². The first kappa shape index (κ1) is 17.6. The molecule has 0 N–H and O–H groups in total. The molecule has 0 saturated heterocycles. The highest BCUT2D eigenvalue weighted by Crippen LogP contribution is 2.24. The number of thioether (sulfide) groups is 1. The normalized spacial score (nSPS) is 10.3. The van der Waals surface area contributed by atoms with Crippen molar-refractivity contribution in [2.45, 2.75) is 4.90 Å². The minimum Gasteiger partial charge on any atom is -0.461 e. The summed E-state index contributed by atoms with van der Waals surface area (Å²) in [5.41, 5.74) is -0.483.